The van der Waals surface area contributed by atoms with Gasteiger partial charge in [0.25, 0.3) is 5.91 Å². The van der Waals surface area contributed by atoms with E-state index in [4.69, 9.17) is 4.74 Å². The van der Waals surface area contributed by atoms with Crippen LogP contribution in [0.2, 0.25) is 0 Å². The molecule has 5 nitrogen and oxygen atoms in total. The molecule has 5 heteroatoms. The number of hydrogen-bond acceptors (Lipinski definition) is 4. The van der Waals surface area contributed by atoms with Crippen LogP contribution >= 0.6 is 0 Å². The smallest absolute Gasteiger partial charge is 0.269 e. The summed E-state index contributed by atoms with van der Waals surface area (Å²) in [6.45, 7) is 10.8. The summed E-state index contributed by atoms with van der Waals surface area (Å²) in [5.41, 5.74) is 1.37. The molecular formula is C18H31N3O2. The molecule has 1 heterocycles. The van der Waals surface area contributed by atoms with Crippen LogP contribution in [0.25, 0.3) is 0 Å². The Labute approximate surface area is 140 Å². The fraction of sp³-hybridized carbons (Fsp3) is 0.778. The van der Waals surface area contributed by atoms with E-state index in [1.807, 2.05) is 6.92 Å². The van der Waals surface area contributed by atoms with Gasteiger partial charge in [0.1, 0.15) is 5.70 Å². The van der Waals surface area contributed by atoms with Crippen LogP contribution in [0.3, 0.4) is 0 Å². The van der Waals surface area contributed by atoms with Gasteiger partial charge >= 0.3 is 0 Å². The first-order valence-electron chi connectivity index (χ1n) is 8.96. The molecule has 1 saturated carbocycles. The highest BCUT2D eigenvalue weighted by molar-refractivity contribution is 5.96. The highest BCUT2D eigenvalue weighted by atomic mass is 16.5. The number of rotatable bonds is 7. The van der Waals surface area contributed by atoms with Crippen molar-refractivity contribution in [1.29, 1.82) is 0 Å². The van der Waals surface area contributed by atoms with Crippen LogP contribution in [-0.2, 0) is 9.53 Å². The van der Waals surface area contributed by atoms with E-state index in [0.717, 1.165) is 50.9 Å². The van der Waals surface area contributed by atoms with Crippen molar-refractivity contribution in [1.82, 2.24) is 10.2 Å². The average molecular weight is 321 g/mol. The third-order valence-corrected chi connectivity index (χ3v) is 4.71. The molecule has 23 heavy (non-hydrogen) atoms. The van der Waals surface area contributed by atoms with Gasteiger partial charge in [-0.1, -0.05) is 38.7 Å². The van der Waals surface area contributed by atoms with Crippen LogP contribution in [-0.4, -0.2) is 55.9 Å². The molecule has 130 valence electrons. The molecule has 1 amide bonds. The lowest BCUT2D eigenvalue weighted by Gasteiger charge is -2.26. The predicted octanol–water partition coefficient (Wildman–Crippen LogP) is 2.38. The summed E-state index contributed by atoms with van der Waals surface area (Å²) >= 11 is 0. The Morgan fingerprint density at radius 1 is 1.26 bits per heavy atom. The quantitative estimate of drug-likeness (QED) is 0.578. The molecule has 1 aliphatic carbocycles. The van der Waals surface area contributed by atoms with Crippen LogP contribution < -0.4 is 5.32 Å². The standard InChI is InChI=1S/C18H31N3O2/c1-15(14-17-6-4-3-5-7-17)20-16(2)18(22)19-8-9-21-10-12-23-13-11-21/h17H,2-14H2,1H3,(H,19,22). The van der Waals surface area contributed by atoms with Crippen molar-refractivity contribution in [3.05, 3.63) is 12.3 Å². The summed E-state index contributed by atoms with van der Waals surface area (Å²) in [5.74, 6) is 0.589. The molecule has 2 aliphatic rings. The minimum absolute atomic E-state index is 0.152. The van der Waals surface area contributed by atoms with Gasteiger partial charge in [0.15, 0.2) is 0 Å². The second-order valence-electron chi connectivity index (χ2n) is 6.71. The van der Waals surface area contributed by atoms with Crippen molar-refractivity contribution in [2.75, 3.05) is 39.4 Å². The van der Waals surface area contributed by atoms with Crippen LogP contribution in [0.1, 0.15) is 45.4 Å². The summed E-state index contributed by atoms with van der Waals surface area (Å²) in [4.78, 5) is 18.8. The number of ether oxygens (including phenoxy) is 1. The van der Waals surface area contributed by atoms with Gasteiger partial charge in [-0.05, 0) is 19.3 Å². The number of amides is 1. The Bertz CT molecular complexity index is 422. The fourth-order valence-corrected chi connectivity index (χ4v) is 3.39. The molecule has 0 spiro atoms. The molecule has 0 unspecified atom stereocenters. The number of carbonyl (C=O) groups excluding carboxylic acids is 1. The third-order valence-electron chi connectivity index (χ3n) is 4.71. The zero-order valence-electron chi connectivity index (χ0n) is 14.5. The minimum atomic E-state index is -0.152. The molecular weight excluding hydrogens is 290 g/mol. The average Bonchev–Trinajstić information content (AvgIpc) is 2.56. The van der Waals surface area contributed by atoms with E-state index in [0.29, 0.717) is 12.2 Å². The molecule has 2 rings (SSSR count). The lowest BCUT2D eigenvalue weighted by molar-refractivity contribution is -0.117. The highest BCUT2D eigenvalue weighted by Crippen LogP contribution is 2.26. The maximum absolute atomic E-state index is 12.1. The Balaban J connectivity index is 1.66. The number of morpholine rings is 1. The van der Waals surface area contributed by atoms with Crippen LogP contribution in [0.5, 0.6) is 0 Å². The van der Waals surface area contributed by atoms with Crippen molar-refractivity contribution < 1.29 is 9.53 Å². The SMILES string of the molecule is C=C(N=C(C)CC1CCCCC1)C(=O)NCCN1CCOCC1. The van der Waals surface area contributed by atoms with Crippen LogP contribution in [0.4, 0.5) is 0 Å². The van der Waals surface area contributed by atoms with Crippen molar-refractivity contribution >= 4 is 11.6 Å². The van der Waals surface area contributed by atoms with Gasteiger partial charge in [0, 0.05) is 31.9 Å². The molecule has 0 bridgehead atoms. The lowest BCUT2D eigenvalue weighted by Crippen LogP contribution is -2.41. The molecule has 1 saturated heterocycles. The zero-order valence-corrected chi connectivity index (χ0v) is 14.5. The van der Waals surface area contributed by atoms with E-state index in [2.05, 4.69) is 21.8 Å². The maximum Gasteiger partial charge on any atom is 0.269 e. The van der Waals surface area contributed by atoms with Crippen molar-refractivity contribution in [2.45, 2.75) is 45.4 Å². The van der Waals surface area contributed by atoms with Gasteiger partial charge in [-0.2, -0.15) is 0 Å². The van der Waals surface area contributed by atoms with Crippen molar-refractivity contribution in [2.24, 2.45) is 10.9 Å². The molecule has 2 fully saturated rings. The summed E-state index contributed by atoms with van der Waals surface area (Å²) in [6, 6.07) is 0. The van der Waals surface area contributed by atoms with E-state index in [1.165, 1.54) is 32.1 Å². The topological polar surface area (TPSA) is 53.9 Å². The molecule has 1 aliphatic heterocycles. The first-order valence-corrected chi connectivity index (χ1v) is 8.96. The fourth-order valence-electron chi connectivity index (χ4n) is 3.39. The summed E-state index contributed by atoms with van der Waals surface area (Å²) in [7, 11) is 0. The zero-order chi connectivity index (χ0) is 16.5. The molecule has 0 aromatic heterocycles. The van der Waals surface area contributed by atoms with Gasteiger partial charge in [-0.25, -0.2) is 0 Å². The third kappa shape index (κ3) is 6.83. The summed E-state index contributed by atoms with van der Waals surface area (Å²) in [6.07, 6.45) is 7.63. The van der Waals surface area contributed by atoms with E-state index < -0.39 is 0 Å². The largest absolute Gasteiger partial charge is 0.379 e. The number of carbonyl (C=O) groups is 1. The van der Waals surface area contributed by atoms with Gasteiger partial charge in [0.2, 0.25) is 0 Å². The number of aliphatic imine (C=N–C) groups is 1. The predicted molar refractivity (Wildman–Crippen MR) is 93.7 cm³/mol. The first-order chi connectivity index (χ1) is 11.1. The van der Waals surface area contributed by atoms with Crippen molar-refractivity contribution in [3.8, 4) is 0 Å². The van der Waals surface area contributed by atoms with Gasteiger partial charge < -0.3 is 10.1 Å². The second kappa shape index (κ2) is 9.83. The van der Waals surface area contributed by atoms with Gasteiger partial charge in [0.05, 0.1) is 13.2 Å². The Hall–Kier alpha value is -1.20. The van der Waals surface area contributed by atoms with Crippen LogP contribution in [0, 0.1) is 5.92 Å². The van der Waals surface area contributed by atoms with Gasteiger partial charge in [-0.3, -0.25) is 14.7 Å². The summed E-state index contributed by atoms with van der Waals surface area (Å²) < 4.78 is 5.31. The minimum Gasteiger partial charge on any atom is -0.379 e. The van der Waals surface area contributed by atoms with E-state index in [9.17, 15) is 4.79 Å². The van der Waals surface area contributed by atoms with Crippen LogP contribution in [0.15, 0.2) is 17.3 Å². The normalized spacial score (nSPS) is 21.2. The highest BCUT2D eigenvalue weighted by Gasteiger charge is 2.15. The Kier molecular flexibility index (Phi) is 7.76. The molecule has 0 aromatic rings. The monoisotopic (exact) mass is 321 g/mol. The second-order valence-corrected chi connectivity index (χ2v) is 6.71. The van der Waals surface area contributed by atoms with E-state index in [-0.39, 0.29) is 5.91 Å². The number of hydrogen-bond donors (Lipinski definition) is 1. The molecule has 1 N–H and O–H groups in total. The van der Waals surface area contributed by atoms with E-state index >= 15 is 0 Å². The Morgan fingerprint density at radius 3 is 2.65 bits per heavy atom. The first kappa shape index (κ1) is 18.1. The molecule has 0 radical (unpaired) electrons. The van der Waals surface area contributed by atoms with Crippen molar-refractivity contribution in [3.63, 3.8) is 0 Å². The van der Waals surface area contributed by atoms with E-state index in [1.54, 1.807) is 0 Å². The molecule has 0 atom stereocenters. The summed E-state index contributed by atoms with van der Waals surface area (Å²) in [5, 5.41) is 2.91. The maximum atomic E-state index is 12.1. The number of nitrogens with one attached hydrogen (secondary N) is 1. The number of nitrogens with zero attached hydrogens (tertiary/aromatic N) is 2. The lowest BCUT2D eigenvalue weighted by atomic mass is 9.86. The molecule has 0 aromatic carbocycles. The Morgan fingerprint density at radius 2 is 1.96 bits per heavy atom. The van der Waals surface area contributed by atoms with Gasteiger partial charge in [-0.15, -0.1) is 0 Å².